The van der Waals surface area contributed by atoms with Gasteiger partial charge in [-0.05, 0) is 38.4 Å². The number of aromatic nitrogens is 3. The molecular formula is C17H23N5O2. The van der Waals surface area contributed by atoms with Gasteiger partial charge in [0, 0.05) is 6.54 Å². The van der Waals surface area contributed by atoms with Crippen molar-refractivity contribution >= 4 is 5.91 Å². The molecule has 24 heavy (non-hydrogen) atoms. The van der Waals surface area contributed by atoms with Gasteiger partial charge in [0.1, 0.15) is 0 Å². The van der Waals surface area contributed by atoms with Gasteiger partial charge in [-0.3, -0.25) is 4.79 Å². The molecule has 7 nitrogen and oxygen atoms in total. The smallest absolute Gasteiger partial charge is 0.273 e. The van der Waals surface area contributed by atoms with Gasteiger partial charge in [-0.15, -0.1) is 5.10 Å². The summed E-state index contributed by atoms with van der Waals surface area (Å²) in [5, 5.41) is 24.2. The Morgan fingerprint density at radius 2 is 2.08 bits per heavy atom. The van der Waals surface area contributed by atoms with E-state index in [-0.39, 0.29) is 18.1 Å². The summed E-state index contributed by atoms with van der Waals surface area (Å²) in [4.78, 5) is 12.2. The fourth-order valence-corrected chi connectivity index (χ4v) is 2.82. The van der Waals surface area contributed by atoms with Crippen LogP contribution in [-0.2, 0) is 0 Å². The number of amides is 1. The molecule has 1 aromatic heterocycles. The largest absolute Gasteiger partial charge is 0.387 e. The van der Waals surface area contributed by atoms with Crippen molar-refractivity contribution in [2.75, 3.05) is 19.6 Å². The van der Waals surface area contributed by atoms with Crippen LogP contribution in [0.1, 0.15) is 46.6 Å². The first-order chi connectivity index (χ1) is 11.6. The molecule has 1 saturated heterocycles. The van der Waals surface area contributed by atoms with Gasteiger partial charge in [0.05, 0.1) is 18.3 Å². The van der Waals surface area contributed by atoms with Gasteiger partial charge < -0.3 is 15.7 Å². The maximum Gasteiger partial charge on any atom is 0.273 e. The van der Waals surface area contributed by atoms with E-state index in [1.165, 1.54) is 0 Å². The van der Waals surface area contributed by atoms with Crippen LogP contribution in [-0.4, -0.2) is 45.6 Å². The van der Waals surface area contributed by atoms with Crippen molar-refractivity contribution in [2.24, 2.45) is 0 Å². The highest BCUT2D eigenvalue weighted by Crippen LogP contribution is 2.17. The number of nitrogens with one attached hydrogen (secondary N) is 2. The number of carbonyl (C=O) groups is 1. The number of benzene rings is 1. The van der Waals surface area contributed by atoms with Crippen LogP contribution in [0.25, 0.3) is 0 Å². The lowest BCUT2D eigenvalue weighted by atomic mass is 10.1. The van der Waals surface area contributed by atoms with Gasteiger partial charge in [0.2, 0.25) is 0 Å². The summed E-state index contributed by atoms with van der Waals surface area (Å²) in [6, 6.07) is 7.88. The van der Waals surface area contributed by atoms with Gasteiger partial charge in [0.25, 0.3) is 5.91 Å². The molecule has 2 aromatic rings. The quantitative estimate of drug-likeness (QED) is 0.760. The lowest BCUT2D eigenvalue weighted by molar-refractivity contribution is 0.0911. The lowest BCUT2D eigenvalue weighted by Gasteiger charge is -2.22. The third-order valence-corrected chi connectivity index (χ3v) is 4.34. The zero-order chi connectivity index (χ0) is 16.9. The van der Waals surface area contributed by atoms with Gasteiger partial charge >= 0.3 is 0 Å². The number of piperidine rings is 1. The highest BCUT2D eigenvalue weighted by Gasteiger charge is 2.19. The summed E-state index contributed by atoms with van der Waals surface area (Å²) < 4.78 is 1.77. The summed E-state index contributed by atoms with van der Waals surface area (Å²) in [6.45, 7) is 4.04. The van der Waals surface area contributed by atoms with E-state index in [9.17, 15) is 9.90 Å². The number of hydrogen-bond donors (Lipinski definition) is 3. The maximum absolute atomic E-state index is 12.2. The minimum absolute atomic E-state index is 0.141. The Morgan fingerprint density at radius 3 is 2.79 bits per heavy atom. The second kappa shape index (κ2) is 7.55. The fraction of sp³-hybridized carbons (Fsp3) is 0.471. The Bertz CT molecular complexity index is 677. The number of nitrogens with zero attached hydrogens (tertiary/aromatic N) is 3. The third-order valence-electron chi connectivity index (χ3n) is 4.34. The summed E-state index contributed by atoms with van der Waals surface area (Å²) in [5.41, 5.74) is 2.19. The molecular weight excluding hydrogens is 306 g/mol. The van der Waals surface area contributed by atoms with Crippen molar-refractivity contribution in [2.45, 2.75) is 31.9 Å². The Morgan fingerprint density at radius 1 is 1.38 bits per heavy atom. The first-order valence-electron chi connectivity index (χ1n) is 8.29. The van der Waals surface area contributed by atoms with Gasteiger partial charge in [0.15, 0.2) is 5.69 Å². The molecule has 1 aliphatic rings. The van der Waals surface area contributed by atoms with E-state index in [2.05, 4.69) is 20.9 Å². The van der Waals surface area contributed by atoms with Crippen LogP contribution < -0.4 is 10.6 Å². The number of aliphatic hydroxyl groups excluding tert-OH is 1. The zero-order valence-corrected chi connectivity index (χ0v) is 13.8. The molecule has 128 valence electrons. The van der Waals surface area contributed by atoms with Crippen molar-refractivity contribution in [1.82, 2.24) is 25.6 Å². The predicted molar refractivity (Wildman–Crippen MR) is 89.6 cm³/mol. The molecule has 0 saturated carbocycles. The normalized spacial score (nSPS) is 16.8. The molecule has 0 aliphatic carbocycles. The van der Waals surface area contributed by atoms with Crippen molar-refractivity contribution in [1.29, 1.82) is 0 Å². The monoisotopic (exact) mass is 329 g/mol. The molecule has 3 N–H and O–H groups in total. The first-order valence-corrected chi connectivity index (χ1v) is 8.29. The van der Waals surface area contributed by atoms with Crippen molar-refractivity contribution < 1.29 is 9.90 Å². The van der Waals surface area contributed by atoms with Crippen LogP contribution in [0.4, 0.5) is 0 Å². The van der Waals surface area contributed by atoms with Crippen molar-refractivity contribution in [3.8, 4) is 0 Å². The summed E-state index contributed by atoms with van der Waals surface area (Å²) in [6.07, 6.45) is 2.91. The van der Waals surface area contributed by atoms with E-state index >= 15 is 0 Å². The number of hydrogen-bond acceptors (Lipinski definition) is 5. The van der Waals surface area contributed by atoms with E-state index in [1.807, 2.05) is 31.2 Å². The molecule has 0 radical (unpaired) electrons. The van der Waals surface area contributed by atoms with E-state index in [0.29, 0.717) is 6.04 Å². The second-order valence-corrected chi connectivity index (χ2v) is 6.20. The van der Waals surface area contributed by atoms with E-state index in [4.69, 9.17) is 0 Å². The van der Waals surface area contributed by atoms with Crippen LogP contribution in [0, 0.1) is 6.92 Å². The van der Waals surface area contributed by atoms with Crippen LogP contribution in [0.15, 0.2) is 30.5 Å². The number of rotatable bonds is 5. The highest BCUT2D eigenvalue weighted by atomic mass is 16.3. The molecule has 1 atom stereocenters. The van der Waals surface area contributed by atoms with Crippen LogP contribution in [0.3, 0.4) is 0 Å². The molecule has 0 bridgehead atoms. The number of aryl methyl sites for hydroxylation is 1. The molecule has 1 amide bonds. The van der Waals surface area contributed by atoms with Crippen LogP contribution in [0.5, 0.6) is 0 Å². The Labute approximate surface area is 141 Å². The summed E-state index contributed by atoms with van der Waals surface area (Å²) in [7, 11) is 0. The average molecular weight is 329 g/mol. The molecule has 0 spiro atoms. The Balaban J connectivity index is 1.55. The standard InChI is InChI=1S/C17H23N5O2/c1-12-2-4-13(5-3-12)16(23)10-19-17(24)15-11-22(21-20-15)14-6-8-18-9-7-14/h2-5,11,14,16,18,23H,6-10H2,1H3,(H,19,24)/t16-/m1/s1. The van der Waals surface area contributed by atoms with Gasteiger partial charge in [-0.2, -0.15) is 0 Å². The molecule has 1 fully saturated rings. The summed E-state index contributed by atoms with van der Waals surface area (Å²) >= 11 is 0. The van der Waals surface area contributed by atoms with Crippen molar-refractivity contribution in [3.63, 3.8) is 0 Å². The maximum atomic E-state index is 12.2. The highest BCUT2D eigenvalue weighted by molar-refractivity contribution is 5.91. The minimum Gasteiger partial charge on any atom is -0.387 e. The van der Waals surface area contributed by atoms with Crippen LogP contribution in [0.2, 0.25) is 0 Å². The second-order valence-electron chi connectivity index (χ2n) is 6.20. The predicted octanol–water partition coefficient (Wildman–Crippen LogP) is 0.974. The van der Waals surface area contributed by atoms with E-state index < -0.39 is 6.10 Å². The molecule has 2 heterocycles. The first kappa shape index (κ1) is 16.6. The minimum atomic E-state index is -0.742. The topological polar surface area (TPSA) is 92.1 Å². The number of carbonyl (C=O) groups excluding carboxylic acids is 1. The average Bonchev–Trinajstić information content (AvgIpc) is 3.11. The van der Waals surface area contributed by atoms with Crippen LogP contribution >= 0.6 is 0 Å². The SMILES string of the molecule is Cc1ccc([C@H](O)CNC(=O)c2cn(C3CCNCC3)nn2)cc1. The zero-order valence-electron chi connectivity index (χ0n) is 13.8. The summed E-state index contributed by atoms with van der Waals surface area (Å²) in [5.74, 6) is -0.318. The molecule has 1 aliphatic heterocycles. The Hall–Kier alpha value is -2.25. The van der Waals surface area contributed by atoms with E-state index in [0.717, 1.165) is 37.1 Å². The molecule has 7 heteroatoms. The van der Waals surface area contributed by atoms with Crippen molar-refractivity contribution in [3.05, 3.63) is 47.3 Å². The molecule has 3 rings (SSSR count). The molecule has 1 aromatic carbocycles. The number of aliphatic hydroxyl groups is 1. The Kier molecular flexibility index (Phi) is 5.22. The fourth-order valence-electron chi connectivity index (χ4n) is 2.82. The third kappa shape index (κ3) is 3.98. The lowest BCUT2D eigenvalue weighted by Crippen LogP contribution is -2.30. The van der Waals surface area contributed by atoms with Gasteiger partial charge in [-0.1, -0.05) is 35.0 Å². The van der Waals surface area contributed by atoms with E-state index in [1.54, 1.807) is 10.9 Å². The van der Waals surface area contributed by atoms with Gasteiger partial charge in [-0.25, -0.2) is 4.68 Å². The molecule has 0 unspecified atom stereocenters.